The van der Waals surface area contributed by atoms with Gasteiger partial charge in [-0.2, -0.15) is 11.8 Å². The lowest BCUT2D eigenvalue weighted by Gasteiger charge is -2.25. The number of imide groups is 1. The van der Waals surface area contributed by atoms with Crippen LogP contribution in [0.15, 0.2) is 36.4 Å². The average Bonchev–Trinajstić information content (AvgIpc) is 3.08. The monoisotopic (exact) mass is 472 g/mol. The summed E-state index contributed by atoms with van der Waals surface area (Å²) in [6.07, 6.45) is 2.06. The Labute approximate surface area is 192 Å². The number of hydrogen-bond donors (Lipinski definition) is 0. The number of nitrogens with zero attached hydrogens (tertiary/aromatic N) is 2. The van der Waals surface area contributed by atoms with E-state index in [1.807, 2.05) is 6.26 Å². The summed E-state index contributed by atoms with van der Waals surface area (Å²) in [7, 11) is 0. The van der Waals surface area contributed by atoms with Crippen LogP contribution < -0.4 is 4.74 Å². The first-order chi connectivity index (χ1) is 15.9. The Balaban J connectivity index is 1.57. The molecule has 2 aliphatic heterocycles. The van der Waals surface area contributed by atoms with Crippen LogP contribution in [0.3, 0.4) is 0 Å². The molecule has 0 saturated carbocycles. The van der Waals surface area contributed by atoms with E-state index >= 15 is 0 Å². The number of carbonyl (C=O) groups is 3. The molecule has 4 rings (SSSR count). The number of fused-ring (bicyclic) bond motifs is 2. The lowest BCUT2D eigenvalue weighted by atomic mass is 10.1. The highest BCUT2D eigenvalue weighted by atomic mass is 32.2. The maximum atomic E-state index is 13.1. The number of rotatable bonds is 8. The van der Waals surface area contributed by atoms with E-state index in [1.165, 1.54) is 23.9 Å². The Morgan fingerprint density at radius 2 is 1.94 bits per heavy atom. The molecule has 2 aromatic rings. The fourth-order valence-electron chi connectivity index (χ4n) is 3.81. The number of nitro groups is 1. The predicted octanol–water partition coefficient (Wildman–Crippen LogP) is 2.92. The molecule has 0 unspecified atom stereocenters. The van der Waals surface area contributed by atoms with Gasteiger partial charge in [0.25, 0.3) is 17.5 Å². The first kappa shape index (κ1) is 22.7. The molecule has 0 saturated heterocycles. The van der Waals surface area contributed by atoms with Crippen LogP contribution in [0.2, 0.25) is 0 Å². The van der Waals surface area contributed by atoms with Crippen LogP contribution in [0.25, 0.3) is 0 Å². The quantitative estimate of drug-likeness (QED) is 0.247. The third-order valence-corrected chi connectivity index (χ3v) is 6.00. The van der Waals surface area contributed by atoms with Crippen molar-refractivity contribution in [2.75, 3.05) is 18.8 Å². The molecule has 0 bridgehead atoms. The van der Waals surface area contributed by atoms with Gasteiger partial charge in [0.1, 0.15) is 18.4 Å². The van der Waals surface area contributed by atoms with Crippen LogP contribution in [0, 0.1) is 10.1 Å². The Hall–Kier alpha value is -3.44. The smallest absolute Gasteiger partial charge is 0.329 e. The minimum absolute atomic E-state index is 0.0306. The van der Waals surface area contributed by atoms with Crippen molar-refractivity contribution < 1.29 is 33.5 Å². The summed E-state index contributed by atoms with van der Waals surface area (Å²) in [5, 5.41) is 11.3. The Morgan fingerprint density at radius 3 is 2.58 bits per heavy atom. The Bertz CT molecular complexity index is 1100. The van der Waals surface area contributed by atoms with Crippen molar-refractivity contribution in [3.05, 3.63) is 68.8 Å². The largest absolute Gasteiger partial charge is 0.467 e. The van der Waals surface area contributed by atoms with E-state index in [-0.39, 0.29) is 43.2 Å². The number of thioether (sulfide) groups is 1. The van der Waals surface area contributed by atoms with Gasteiger partial charge < -0.3 is 14.2 Å². The van der Waals surface area contributed by atoms with Crippen LogP contribution in [0.5, 0.6) is 5.75 Å². The lowest BCUT2D eigenvalue weighted by molar-refractivity contribution is -0.385. The zero-order chi connectivity index (χ0) is 23.5. The topological polar surface area (TPSA) is 125 Å². The molecule has 11 heteroatoms. The standard InChI is InChI=1S/C22H20N2O8S/c1-33-7-6-18(23-20(25)16-4-2-3-5-17(16)21(23)26)22(27)31-11-14-9-15(24(28)29)8-13-10-30-12-32-19(13)14/h2-5,8-9,18H,6-7,10-12H2,1H3/t18-/m0/s1. The van der Waals surface area contributed by atoms with Crippen molar-refractivity contribution in [3.63, 3.8) is 0 Å². The van der Waals surface area contributed by atoms with Gasteiger partial charge in [0.2, 0.25) is 0 Å². The lowest BCUT2D eigenvalue weighted by Crippen LogP contribution is -2.46. The van der Waals surface area contributed by atoms with Gasteiger partial charge in [0.05, 0.1) is 22.7 Å². The molecule has 2 aromatic carbocycles. The molecule has 2 aliphatic rings. The van der Waals surface area contributed by atoms with E-state index < -0.39 is 28.7 Å². The Morgan fingerprint density at radius 1 is 1.24 bits per heavy atom. The first-order valence-corrected chi connectivity index (χ1v) is 11.4. The summed E-state index contributed by atoms with van der Waals surface area (Å²) in [6, 6.07) is 7.89. The van der Waals surface area contributed by atoms with E-state index in [0.29, 0.717) is 22.6 Å². The number of carbonyl (C=O) groups excluding carboxylic acids is 3. The molecule has 172 valence electrons. The SMILES string of the molecule is CSCC[C@@H](C(=O)OCc1cc([N+](=O)[O-])cc2c1OCOC2)N1C(=O)c2ccccc2C1=O. The fraction of sp³-hybridized carbons (Fsp3) is 0.318. The maximum absolute atomic E-state index is 13.1. The van der Waals surface area contributed by atoms with Crippen molar-refractivity contribution in [3.8, 4) is 5.75 Å². The molecule has 0 spiro atoms. The maximum Gasteiger partial charge on any atom is 0.329 e. The van der Waals surface area contributed by atoms with Crippen molar-refractivity contribution in [2.45, 2.75) is 25.7 Å². The number of benzene rings is 2. The van der Waals surface area contributed by atoms with E-state index in [4.69, 9.17) is 14.2 Å². The highest BCUT2D eigenvalue weighted by molar-refractivity contribution is 7.98. The van der Waals surface area contributed by atoms with Crippen molar-refractivity contribution in [2.24, 2.45) is 0 Å². The van der Waals surface area contributed by atoms with Gasteiger partial charge in [-0.1, -0.05) is 12.1 Å². The number of hydrogen-bond acceptors (Lipinski definition) is 9. The number of non-ortho nitro benzene ring substituents is 1. The molecule has 0 radical (unpaired) electrons. The number of nitro benzene ring substituents is 1. The molecule has 0 fully saturated rings. The van der Waals surface area contributed by atoms with Crippen LogP contribution >= 0.6 is 11.8 Å². The summed E-state index contributed by atoms with van der Waals surface area (Å²) < 4.78 is 16.1. The molecule has 2 amide bonds. The van der Waals surface area contributed by atoms with Gasteiger partial charge in [-0.15, -0.1) is 0 Å². The van der Waals surface area contributed by atoms with E-state index in [2.05, 4.69) is 0 Å². The van der Waals surface area contributed by atoms with Crippen molar-refractivity contribution in [1.29, 1.82) is 0 Å². The second-order valence-electron chi connectivity index (χ2n) is 7.39. The van der Waals surface area contributed by atoms with Crippen molar-refractivity contribution >= 4 is 35.2 Å². The van der Waals surface area contributed by atoms with Gasteiger partial charge >= 0.3 is 5.97 Å². The Kier molecular flexibility index (Phi) is 6.61. The predicted molar refractivity (Wildman–Crippen MR) is 117 cm³/mol. The molecule has 33 heavy (non-hydrogen) atoms. The van der Waals surface area contributed by atoms with Gasteiger partial charge in [-0.25, -0.2) is 4.79 Å². The fourth-order valence-corrected chi connectivity index (χ4v) is 4.27. The summed E-state index contributed by atoms with van der Waals surface area (Å²) in [5.74, 6) is -0.995. The summed E-state index contributed by atoms with van der Waals surface area (Å²) in [6.45, 7) is -0.220. The van der Waals surface area contributed by atoms with Crippen LogP contribution in [-0.2, 0) is 27.5 Å². The third kappa shape index (κ3) is 4.41. The van der Waals surface area contributed by atoms with E-state index in [1.54, 1.807) is 24.3 Å². The molecule has 10 nitrogen and oxygen atoms in total. The second kappa shape index (κ2) is 9.59. The van der Waals surface area contributed by atoms with E-state index in [9.17, 15) is 24.5 Å². The molecule has 2 heterocycles. The summed E-state index contributed by atoms with van der Waals surface area (Å²) in [5.41, 5.74) is 1.08. The van der Waals surface area contributed by atoms with E-state index in [0.717, 1.165) is 4.90 Å². The van der Waals surface area contributed by atoms with Gasteiger partial charge in [0.15, 0.2) is 6.79 Å². The zero-order valence-electron chi connectivity index (χ0n) is 17.6. The van der Waals surface area contributed by atoms with Crippen LogP contribution in [0.1, 0.15) is 38.3 Å². The minimum atomic E-state index is -1.12. The van der Waals surface area contributed by atoms with Crippen LogP contribution in [0.4, 0.5) is 5.69 Å². The minimum Gasteiger partial charge on any atom is -0.467 e. The first-order valence-electron chi connectivity index (χ1n) is 10.1. The number of ether oxygens (including phenoxy) is 3. The van der Waals surface area contributed by atoms with Crippen molar-refractivity contribution in [1.82, 2.24) is 4.90 Å². The van der Waals surface area contributed by atoms with Crippen LogP contribution in [-0.4, -0.2) is 52.5 Å². The molecular formula is C22H20N2O8S. The highest BCUT2D eigenvalue weighted by Crippen LogP contribution is 2.33. The summed E-state index contributed by atoms with van der Waals surface area (Å²) in [4.78, 5) is 50.5. The molecular weight excluding hydrogens is 452 g/mol. The highest BCUT2D eigenvalue weighted by Gasteiger charge is 2.43. The number of amides is 2. The molecule has 0 aromatic heterocycles. The third-order valence-electron chi connectivity index (χ3n) is 5.36. The zero-order valence-corrected chi connectivity index (χ0v) is 18.5. The van der Waals surface area contributed by atoms with Gasteiger partial charge in [-0.05, 0) is 30.6 Å². The molecule has 0 N–H and O–H groups in total. The van der Waals surface area contributed by atoms with Gasteiger partial charge in [0, 0.05) is 23.3 Å². The summed E-state index contributed by atoms with van der Waals surface area (Å²) >= 11 is 1.46. The average molecular weight is 472 g/mol. The normalized spacial score (nSPS) is 15.5. The number of esters is 1. The molecule has 0 aliphatic carbocycles. The second-order valence-corrected chi connectivity index (χ2v) is 8.38. The molecule has 1 atom stereocenters. The van der Waals surface area contributed by atoms with Gasteiger partial charge in [-0.3, -0.25) is 24.6 Å².